The van der Waals surface area contributed by atoms with Crippen LogP contribution in [0.15, 0.2) is 47.4 Å². The molecule has 8 heteroatoms. The van der Waals surface area contributed by atoms with Gasteiger partial charge in [0.15, 0.2) is 0 Å². The highest BCUT2D eigenvalue weighted by atomic mass is 32.2. The summed E-state index contributed by atoms with van der Waals surface area (Å²) in [7, 11) is -2.06. The zero-order valence-corrected chi connectivity index (χ0v) is 21.3. The van der Waals surface area contributed by atoms with E-state index < -0.39 is 10.0 Å². The highest BCUT2D eigenvalue weighted by Crippen LogP contribution is 2.33. The standard InChI is InChI=1S/C26H35NO6S/c1-5-32-26(28)16-21(9-8-14-31-4)22-13-12-19(2)23(15-22)18-27-17-20(3)33-24-10-6-7-11-25(24)34(27,29)30/h6-7,10-13,15,20-21H,5,8-9,14,16-18H2,1-4H3/t20-,21?/m1/s1. The molecule has 34 heavy (non-hydrogen) atoms. The van der Waals surface area contributed by atoms with Crippen molar-refractivity contribution in [3.63, 3.8) is 0 Å². The molecule has 0 aromatic heterocycles. The summed E-state index contributed by atoms with van der Waals surface area (Å²) in [6, 6.07) is 12.8. The monoisotopic (exact) mass is 489 g/mol. The van der Waals surface area contributed by atoms with Crippen LogP contribution < -0.4 is 4.74 Å². The summed E-state index contributed by atoms with van der Waals surface area (Å²) in [5.41, 5.74) is 2.91. The fourth-order valence-electron chi connectivity index (χ4n) is 4.28. The summed E-state index contributed by atoms with van der Waals surface area (Å²) in [5, 5.41) is 0. The van der Waals surface area contributed by atoms with Crippen LogP contribution in [0.5, 0.6) is 5.75 Å². The van der Waals surface area contributed by atoms with Crippen LogP contribution in [-0.2, 0) is 30.8 Å². The van der Waals surface area contributed by atoms with Gasteiger partial charge in [-0.05, 0) is 68.4 Å². The van der Waals surface area contributed by atoms with Crippen LogP contribution in [0.2, 0.25) is 0 Å². The molecule has 0 saturated heterocycles. The van der Waals surface area contributed by atoms with Gasteiger partial charge in [0.05, 0.1) is 19.6 Å². The Morgan fingerprint density at radius 3 is 2.74 bits per heavy atom. The van der Waals surface area contributed by atoms with E-state index >= 15 is 0 Å². The van der Waals surface area contributed by atoms with E-state index in [1.807, 2.05) is 32.0 Å². The lowest BCUT2D eigenvalue weighted by Gasteiger charge is -2.24. The molecule has 7 nitrogen and oxygen atoms in total. The van der Waals surface area contributed by atoms with Crippen molar-refractivity contribution in [1.82, 2.24) is 4.31 Å². The number of ether oxygens (including phenoxy) is 3. The predicted octanol–water partition coefficient (Wildman–Crippen LogP) is 4.43. The summed E-state index contributed by atoms with van der Waals surface area (Å²) in [6.07, 6.45) is 1.58. The summed E-state index contributed by atoms with van der Waals surface area (Å²) in [5.74, 6) is 0.123. The fourth-order valence-corrected chi connectivity index (χ4v) is 5.89. The number of fused-ring (bicyclic) bond motifs is 1. The molecule has 0 amide bonds. The SMILES string of the molecule is CCOC(=O)CC(CCCOC)c1ccc(C)c(CN2C[C@@H](C)Oc3ccccc3S2(=O)=O)c1. The second-order valence-electron chi connectivity index (χ2n) is 8.70. The van der Waals surface area contributed by atoms with Crippen LogP contribution in [0.25, 0.3) is 0 Å². The predicted molar refractivity (Wildman–Crippen MR) is 130 cm³/mol. The number of methoxy groups -OCH3 is 1. The molecule has 0 saturated carbocycles. The minimum atomic E-state index is -3.73. The van der Waals surface area contributed by atoms with E-state index in [2.05, 4.69) is 0 Å². The molecule has 0 bridgehead atoms. The molecule has 2 aromatic rings. The first-order valence-corrected chi connectivity index (χ1v) is 13.2. The molecule has 1 aliphatic rings. The first-order valence-electron chi connectivity index (χ1n) is 11.8. The van der Waals surface area contributed by atoms with E-state index in [0.29, 0.717) is 19.0 Å². The smallest absolute Gasteiger partial charge is 0.306 e. The largest absolute Gasteiger partial charge is 0.488 e. The lowest BCUT2D eigenvalue weighted by atomic mass is 9.89. The highest BCUT2D eigenvalue weighted by Gasteiger charge is 2.33. The Hall–Kier alpha value is -2.42. The number of hydrogen-bond acceptors (Lipinski definition) is 6. The van der Waals surface area contributed by atoms with Crippen molar-refractivity contribution >= 4 is 16.0 Å². The first kappa shape index (κ1) is 26.2. The molecule has 0 radical (unpaired) electrons. The molecule has 2 aromatic carbocycles. The number of nitrogens with zero attached hydrogens (tertiary/aromatic N) is 1. The molecular formula is C26H35NO6S. The molecule has 0 spiro atoms. The van der Waals surface area contributed by atoms with Crippen LogP contribution in [-0.4, -0.2) is 51.7 Å². The topological polar surface area (TPSA) is 82.1 Å². The number of para-hydroxylation sites is 1. The van der Waals surface area contributed by atoms with Crippen LogP contribution in [0, 0.1) is 6.92 Å². The molecule has 186 valence electrons. The average Bonchev–Trinajstić information content (AvgIpc) is 2.88. The van der Waals surface area contributed by atoms with Gasteiger partial charge < -0.3 is 14.2 Å². The maximum atomic E-state index is 13.5. The number of carbonyl (C=O) groups is 1. The van der Waals surface area contributed by atoms with Gasteiger partial charge in [-0.3, -0.25) is 4.79 Å². The van der Waals surface area contributed by atoms with Crippen LogP contribution >= 0.6 is 0 Å². The van der Waals surface area contributed by atoms with Crippen molar-refractivity contribution in [2.75, 3.05) is 26.9 Å². The van der Waals surface area contributed by atoms with Crippen molar-refractivity contribution in [3.05, 3.63) is 59.2 Å². The van der Waals surface area contributed by atoms with Crippen molar-refractivity contribution in [3.8, 4) is 5.75 Å². The molecule has 0 N–H and O–H groups in total. The Labute approximate surface area is 203 Å². The third-order valence-electron chi connectivity index (χ3n) is 6.07. The van der Waals surface area contributed by atoms with E-state index in [1.165, 1.54) is 4.31 Å². The number of aryl methyl sites for hydroxylation is 1. The van der Waals surface area contributed by atoms with E-state index in [1.54, 1.807) is 38.3 Å². The molecular weight excluding hydrogens is 454 g/mol. The van der Waals surface area contributed by atoms with Gasteiger partial charge in [-0.25, -0.2) is 8.42 Å². The van der Waals surface area contributed by atoms with E-state index in [0.717, 1.165) is 29.5 Å². The number of sulfonamides is 1. The van der Waals surface area contributed by atoms with E-state index in [-0.39, 0.29) is 42.4 Å². The van der Waals surface area contributed by atoms with E-state index in [9.17, 15) is 13.2 Å². The molecule has 0 aliphatic carbocycles. The summed E-state index contributed by atoms with van der Waals surface area (Å²) < 4.78 is 44.7. The quantitative estimate of drug-likeness (QED) is 0.363. The normalized spacial score (nSPS) is 18.4. The van der Waals surface area contributed by atoms with Crippen molar-refractivity contribution in [2.24, 2.45) is 0 Å². The maximum Gasteiger partial charge on any atom is 0.306 e. The zero-order valence-electron chi connectivity index (χ0n) is 20.5. The number of esters is 1. The van der Waals surface area contributed by atoms with E-state index in [4.69, 9.17) is 14.2 Å². The van der Waals surface area contributed by atoms with Gasteiger partial charge in [-0.1, -0.05) is 30.3 Å². The minimum absolute atomic E-state index is 0.0303. The molecule has 1 heterocycles. The number of rotatable bonds is 10. The Bertz CT molecular complexity index is 1080. The van der Waals surface area contributed by atoms with Crippen molar-refractivity contribution < 1.29 is 27.4 Å². The summed E-state index contributed by atoms with van der Waals surface area (Å²) in [6.45, 7) is 7.09. The van der Waals surface area contributed by atoms with Gasteiger partial charge in [-0.15, -0.1) is 0 Å². The second-order valence-corrected chi connectivity index (χ2v) is 10.6. The third-order valence-corrected chi connectivity index (χ3v) is 7.92. The van der Waals surface area contributed by atoms with Gasteiger partial charge in [0.2, 0.25) is 10.0 Å². The van der Waals surface area contributed by atoms with Crippen LogP contribution in [0.3, 0.4) is 0 Å². The van der Waals surface area contributed by atoms with Crippen molar-refractivity contribution in [1.29, 1.82) is 0 Å². The van der Waals surface area contributed by atoms with Gasteiger partial charge in [0.1, 0.15) is 16.7 Å². The molecule has 1 aliphatic heterocycles. The fraction of sp³-hybridized carbons (Fsp3) is 0.500. The number of benzene rings is 2. The molecule has 2 atom stereocenters. The number of carbonyl (C=O) groups excluding carboxylic acids is 1. The van der Waals surface area contributed by atoms with Gasteiger partial charge in [0.25, 0.3) is 0 Å². The highest BCUT2D eigenvalue weighted by molar-refractivity contribution is 7.89. The minimum Gasteiger partial charge on any atom is -0.488 e. The van der Waals surface area contributed by atoms with Gasteiger partial charge >= 0.3 is 5.97 Å². The third kappa shape index (κ3) is 6.37. The Kier molecular flexibility index (Phi) is 9.10. The summed E-state index contributed by atoms with van der Waals surface area (Å²) >= 11 is 0. The number of hydrogen-bond donors (Lipinski definition) is 0. The Balaban J connectivity index is 1.90. The second kappa shape index (κ2) is 11.8. The van der Waals surface area contributed by atoms with Crippen LogP contribution in [0.4, 0.5) is 0 Å². The maximum absolute atomic E-state index is 13.5. The van der Waals surface area contributed by atoms with Gasteiger partial charge in [0, 0.05) is 20.3 Å². The Morgan fingerprint density at radius 2 is 2.00 bits per heavy atom. The first-order chi connectivity index (χ1) is 16.3. The Morgan fingerprint density at radius 1 is 1.24 bits per heavy atom. The van der Waals surface area contributed by atoms with Crippen molar-refractivity contribution in [2.45, 2.75) is 63.5 Å². The van der Waals surface area contributed by atoms with Crippen LogP contribution in [0.1, 0.15) is 55.7 Å². The lowest BCUT2D eigenvalue weighted by Crippen LogP contribution is -2.35. The zero-order chi connectivity index (χ0) is 24.7. The average molecular weight is 490 g/mol. The molecule has 1 unspecified atom stereocenters. The lowest BCUT2D eigenvalue weighted by molar-refractivity contribution is -0.143. The molecule has 3 rings (SSSR count). The summed E-state index contributed by atoms with van der Waals surface area (Å²) in [4.78, 5) is 12.4. The van der Waals surface area contributed by atoms with Gasteiger partial charge in [-0.2, -0.15) is 4.31 Å². The molecule has 0 fully saturated rings.